The summed E-state index contributed by atoms with van der Waals surface area (Å²) in [6.45, 7) is 8.65. The molecule has 7 nitrogen and oxygen atoms in total. The van der Waals surface area contributed by atoms with Crippen LogP contribution in [-0.2, 0) is 19.1 Å². The number of fused-ring (bicyclic) bond motifs is 1. The summed E-state index contributed by atoms with van der Waals surface area (Å²) in [5.41, 5.74) is -1.46. The van der Waals surface area contributed by atoms with E-state index in [0.717, 1.165) is 11.4 Å². The molecular weight excluding hydrogens is 497 g/mol. The van der Waals surface area contributed by atoms with Gasteiger partial charge in [0.1, 0.15) is 11.6 Å². The van der Waals surface area contributed by atoms with Crippen LogP contribution >= 0.6 is 11.3 Å². The fraction of sp³-hybridized carbons (Fsp3) is 0.679. The number of terminal acetylenes is 1. The second-order valence-electron chi connectivity index (χ2n) is 11.1. The number of hydrogen-bond donors (Lipinski definition) is 2. The van der Waals surface area contributed by atoms with Crippen LogP contribution in [0.3, 0.4) is 0 Å². The molecule has 0 bridgehead atoms. The average molecular weight is 536 g/mol. The van der Waals surface area contributed by atoms with E-state index in [9.17, 15) is 19.8 Å². The Labute approximate surface area is 222 Å². The monoisotopic (exact) mass is 535 g/mol. The highest BCUT2D eigenvalue weighted by molar-refractivity contribution is 7.09. The van der Waals surface area contributed by atoms with Gasteiger partial charge in [-0.15, -0.1) is 23.7 Å². The van der Waals surface area contributed by atoms with Gasteiger partial charge in [0.2, 0.25) is 0 Å². The van der Waals surface area contributed by atoms with Crippen molar-refractivity contribution in [3.63, 3.8) is 0 Å². The molecule has 2 unspecified atom stereocenters. The molecule has 0 aromatic carbocycles. The van der Waals surface area contributed by atoms with Gasteiger partial charge in [0.05, 0.1) is 52.4 Å². The van der Waals surface area contributed by atoms with Gasteiger partial charge in [-0.2, -0.15) is 0 Å². The van der Waals surface area contributed by atoms with Crippen LogP contribution in [0.4, 0.5) is 4.39 Å². The first-order valence-electron chi connectivity index (χ1n) is 12.8. The first kappa shape index (κ1) is 29.4. The summed E-state index contributed by atoms with van der Waals surface area (Å²) in [6, 6.07) is 0. The molecule has 1 aromatic rings. The summed E-state index contributed by atoms with van der Waals surface area (Å²) in [4.78, 5) is 30.5. The molecule has 204 valence electrons. The van der Waals surface area contributed by atoms with E-state index in [0.29, 0.717) is 18.5 Å². The highest BCUT2D eigenvalue weighted by atomic mass is 32.1. The van der Waals surface area contributed by atoms with E-state index in [1.165, 1.54) is 31.3 Å². The summed E-state index contributed by atoms with van der Waals surface area (Å²) in [5, 5.41) is 24.4. The minimum atomic E-state index is -1.42. The lowest BCUT2D eigenvalue weighted by Crippen LogP contribution is -2.46. The highest BCUT2D eigenvalue weighted by Gasteiger charge is 2.53. The number of aliphatic hydroxyl groups is 2. The zero-order valence-electron chi connectivity index (χ0n) is 22.2. The zero-order valence-corrected chi connectivity index (χ0v) is 23.0. The topological polar surface area (TPSA) is 109 Å². The zero-order chi connectivity index (χ0) is 27.5. The Morgan fingerprint density at radius 2 is 2.05 bits per heavy atom. The molecule has 2 saturated heterocycles. The molecule has 0 spiro atoms. The first-order chi connectivity index (χ1) is 17.3. The van der Waals surface area contributed by atoms with E-state index < -0.39 is 59.2 Å². The van der Waals surface area contributed by atoms with Crippen molar-refractivity contribution in [2.45, 2.75) is 103 Å². The van der Waals surface area contributed by atoms with Crippen LogP contribution in [0.25, 0.3) is 6.08 Å². The maximum Gasteiger partial charge on any atom is 0.309 e. The number of ketones is 1. The number of nitrogens with zero attached hydrogens (tertiary/aromatic N) is 1. The van der Waals surface area contributed by atoms with Gasteiger partial charge in [-0.1, -0.05) is 27.2 Å². The van der Waals surface area contributed by atoms with E-state index in [-0.39, 0.29) is 24.9 Å². The van der Waals surface area contributed by atoms with Crippen LogP contribution < -0.4 is 0 Å². The van der Waals surface area contributed by atoms with Crippen LogP contribution in [0.1, 0.15) is 76.9 Å². The van der Waals surface area contributed by atoms with Crippen LogP contribution in [0.2, 0.25) is 0 Å². The average Bonchev–Trinajstić information content (AvgIpc) is 3.27. The van der Waals surface area contributed by atoms with Crippen molar-refractivity contribution in [1.82, 2.24) is 4.98 Å². The molecule has 2 N–H and O–H groups in total. The number of thiazole rings is 1. The predicted molar refractivity (Wildman–Crippen MR) is 139 cm³/mol. The number of aryl methyl sites for hydroxylation is 1. The van der Waals surface area contributed by atoms with Gasteiger partial charge in [-0.3, -0.25) is 9.59 Å². The number of halogens is 1. The lowest BCUT2D eigenvalue weighted by Gasteiger charge is -2.35. The number of rotatable bonds is 3. The Morgan fingerprint density at radius 1 is 1.35 bits per heavy atom. The largest absolute Gasteiger partial charge is 0.455 e. The Morgan fingerprint density at radius 3 is 2.68 bits per heavy atom. The second-order valence-corrected chi connectivity index (χ2v) is 12.2. The normalized spacial score (nSPS) is 35.8. The maximum absolute atomic E-state index is 15.3. The summed E-state index contributed by atoms with van der Waals surface area (Å²) in [6.07, 6.45) is 4.46. The van der Waals surface area contributed by atoms with Crippen molar-refractivity contribution in [2.75, 3.05) is 0 Å². The van der Waals surface area contributed by atoms with Gasteiger partial charge < -0.3 is 19.7 Å². The predicted octanol–water partition coefficient (Wildman–Crippen LogP) is 4.39. The summed E-state index contributed by atoms with van der Waals surface area (Å²) in [7, 11) is 0. The van der Waals surface area contributed by atoms with E-state index in [4.69, 9.17) is 15.9 Å². The van der Waals surface area contributed by atoms with Crippen molar-refractivity contribution in [3.8, 4) is 12.3 Å². The smallest absolute Gasteiger partial charge is 0.309 e. The van der Waals surface area contributed by atoms with Gasteiger partial charge in [0.15, 0.2) is 6.10 Å². The van der Waals surface area contributed by atoms with E-state index in [1.54, 1.807) is 5.38 Å². The van der Waals surface area contributed by atoms with E-state index in [2.05, 4.69) is 10.9 Å². The molecule has 0 radical (unpaired) electrons. The molecule has 1 aromatic heterocycles. The first-order valence-corrected chi connectivity index (χ1v) is 13.7. The molecule has 0 aliphatic carbocycles. The van der Waals surface area contributed by atoms with Crippen LogP contribution in [-0.4, -0.2) is 57.0 Å². The Kier molecular flexibility index (Phi) is 9.33. The molecule has 0 amide bonds. The van der Waals surface area contributed by atoms with Crippen LogP contribution in [0, 0.1) is 36.5 Å². The molecule has 3 rings (SSSR count). The molecule has 0 saturated carbocycles. The van der Waals surface area contributed by atoms with Gasteiger partial charge in [-0.25, -0.2) is 9.37 Å². The lowest BCUT2D eigenvalue weighted by molar-refractivity contribution is -0.155. The van der Waals surface area contributed by atoms with Crippen molar-refractivity contribution >= 4 is 29.2 Å². The van der Waals surface area contributed by atoms with Gasteiger partial charge in [0.25, 0.3) is 0 Å². The van der Waals surface area contributed by atoms with Gasteiger partial charge in [-0.05, 0) is 38.7 Å². The molecule has 2 aliphatic heterocycles. The highest BCUT2D eigenvalue weighted by Crippen LogP contribution is 2.45. The molecule has 7 atom stereocenters. The van der Waals surface area contributed by atoms with E-state index >= 15 is 4.39 Å². The Bertz CT molecular complexity index is 1060. The van der Waals surface area contributed by atoms with Crippen molar-refractivity contribution in [2.24, 2.45) is 17.3 Å². The van der Waals surface area contributed by atoms with Gasteiger partial charge in [0, 0.05) is 18.2 Å². The van der Waals surface area contributed by atoms with Crippen molar-refractivity contribution in [3.05, 3.63) is 21.9 Å². The van der Waals surface area contributed by atoms with E-state index in [1.807, 2.05) is 20.8 Å². The SMILES string of the molecule is C#CC[C@H]1C(=O)C(C)(C)[C@H](O)CC(=O)O[C@H](/C(F)=C/c2csc(C)n2)CC2OC2(C)CCC[C@@H](C)[C@@H]1O. The number of aromatic nitrogens is 1. The number of carbonyl (C=O) groups is 2. The van der Waals surface area contributed by atoms with Gasteiger partial charge >= 0.3 is 5.97 Å². The second kappa shape index (κ2) is 11.7. The standard InChI is InChI=1S/C28H38FNO6S/c1-7-9-19-25(33)16(2)10-8-11-28(6)23(36-28)13-21(20(29)12-18-15-37-17(3)30-18)35-24(32)14-22(31)27(4,5)26(19)34/h1,12,15-16,19,21-23,25,31,33H,8-11,13-14H2,2-6H3/b20-12-/t16-,19-,21+,22-,23?,25+,28?/m1/s1. The molecule has 2 aliphatic rings. The van der Waals surface area contributed by atoms with Crippen LogP contribution in [0.5, 0.6) is 0 Å². The lowest BCUT2D eigenvalue weighted by atomic mass is 9.71. The number of ether oxygens (including phenoxy) is 2. The number of cyclic esters (lactones) is 1. The number of hydrogen-bond acceptors (Lipinski definition) is 8. The summed E-state index contributed by atoms with van der Waals surface area (Å²) >= 11 is 1.38. The fourth-order valence-corrected chi connectivity index (χ4v) is 5.57. The molecular formula is C28H38FNO6S. The third-order valence-electron chi connectivity index (χ3n) is 7.80. The summed E-state index contributed by atoms with van der Waals surface area (Å²) in [5.74, 6) is -0.557. The number of epoxide rings is 1. The third kappa shape index (κ3) is 7.05. The van der Waals surface area contributed by atoms with Crippen molar-refractivity contribution in [1.29, 1.82) is 0 Å². The Balaban J connectivity index is 1.89. The Hall–Kier alpha value is -2.12. The number of esters is 1. The molecule has 9 heteroatoms. The number of aliphatic hydroxyl groups excluding tert-OH is 2. The number of carbonyl (C=O) groups excluding carboxylic acids is 2. The summed E-state index contributed by atoms with van der Waals surface area (Å²) < 4.78 is 26.7. The maximum atomic E-state index is 15.3. The quantitative estimate of drug-likeness (QED) is 0.336. The minimum absolute atomic E-state index is 0.0159. The fourth-order valence-electron chi connectivity index (χ4n) is 5.00. The number of Topliss-reactive ketones (excluding diaryl/α,β-unsaturated/α-hetero) is 1. The molecule has 2 fully saturated rings. The molecule has 3 heterocycles. The van der Waals surface area contributed by atoms with Crippen molar-refractivity contribution < 1.29 is 33.7 Å². The third-order valence-corrected chi connectivity index (χ3v) is 8.59. The van der Waals surface area contributed by atoms with Crippen LogP contribution in [0.15, 0.2) is 11.2 Å². The minimum Gasteiger partial charge on any atom is -0.455 e. The molecule has 37 heavy (non-hydrogen) atoms.